The fourth-order valence-electron chi connectivity index (χ4n) is 2.88. The maximum absolute atomic E-state index is 14.2. The average Bonchev–Trinajstić information content (AvgIpc) is 2.90. The van der Waals surface area contributed by atoms with E-state index in [4.69, 9.17) is 15.6 Å². The van der Waals surface area contributed by atoms with Crippen LogP contribution in [0, 0.1) is 0 Å². The van der Waals surface area contributed by atoms with E-state index in [9.17, 15) is 28.3 Å². The molecule has 1 aliphatic heterocycles. The summed E-state index contributed by atoms with van der Waals surface area (Å²) >= 11 is 0. The number of carbonyl (C=O) groups excluding carboxylic acids is 2. The minimum absolute atomic E-state index is 0.153. The monoisotopic (exact) mass is 433 g/mol. The number of ether oxygens (including phenoxy) is 1. The lowest BCUT2D eigenvalue weighted by Crippen LogP contribution is -2.42. The molecule has 6 N–H and O–H groups in total. The van der Waals surface area contributed by atoms with E-state index in [-0.39, 0.29) is 11.7 Å². The molecule has 11 nitrogen and oxygen atoms in total. The highest BCUT2D eigenvalue weighted by molar-refractivity contribution is 5.93. The normalized spacial score (nSPS) is 23.7. The van der Waals surface area contributed by atoms with Crippen LogP contribution in [-0.2, 0) is 14.3 Å². The summed E-state index contributed by atoms with van der Waals surface area (Å²) in [5.74, 6) is -4.78. The first-order valence-corrected chi connectivity index (χ1v) is 9.30. The van der Waals surface area contributed by atoms with E-state index >= 15 is 0 Å². The fourth-order valence-corrected chi connectivity index (χ4v) is 2.88. The number of halogens is 2. The number of nitrogens with zero attached hydrogens (tertiary/aromatic N) is 2. The number of hydrogen-bond donors (Lipinski definition) is 5. The zero-order chi connectivity index (χ0) is 22.5. The van der Waals surface area contributed by atoms with Crippen molar-refractivity contribution in [1.82, 2.24) is 14.9 Å². The molecule has 1 fully saturated rings. The van der Waals surface area contributed by atoms with Gasteiger partial charge >= 0.3 is 11.6 Å². The Morgan fingerprint density at radius 1 is 1.43 bits per heavy atom. The van der Waals surface area contributed by atoms with Crippen molar-refractivity contribution < 1.29 is 33.3 Å². The van der Waals surface area contributed by atoms with E-state index in [1.165, 1.54) is 6.92 Å². The summed E-state index contributed by atoms with van der Waals surface area (Å²) < 4.78 is 33.7. The number of anilines is 1. The van der Waals surface area contributed by atoms with E-state index in [1.807, 2.05) is 0 Å². The number of alkyl halides is 2. The maximum Gasteiger partial charge on any atom is 0.351 e. The summed E-state index contributed by atoms with van der Waals surface area (Å²) in [6, 6.07) is 0.218. The number of aliphatic hydroxyl groups excluding tert-OH is 2. The molecule has 2 rings (SSSR count). The molecule has 0 unspecified atom stereocenters. The zero-order valence-electron chi connectivity index (χ0n) is 16.3. The molecule has 13 heteroatoms. The molecule has 4 atom stereocenters. The number of rotatable bonds is 9. The molecule has 168 valence electrons. The second-order valence-electron chi connectivity index (χ2n) is 6.91. The zero-order valence-corrected chi connectivity index (χ0v) is 16.3. The standard InChI is InChI=1S/C17H25F2N5O6/c1-9(26)21-6-3-2-4-10(20)14(28)22-12-5-7-24(16(29)23-12)15-17(18,19)13(27)11(8-25)30-15/h5,7,10-11,13,15,25,27H,2-4,6,8,20H2,1H3,(H,21,26)(H,22,23,28,29)/t10-,11-,13-,15-/m1/s1. The van der Waals surface area contributed by atoms with Crippen LogP contribution < -0.4 is 22.1 Å². The molecule has 0 aliphatic carbocycles. The van der Waals surface area contributed by atoms with E-state index in [2.05, 4.69) is 15.6 Å². The Balaban J connectivity index is 1.96. The second-order valence-corrected chi connectivity index (χ2v) is 6.91. The molecular weight excluding hydrogens is 408 g/mol. The smallest absolute Gasteiger partial charge is 0.351 e. The third kappa shape index (κ3) is 5.56. The molecule has 0 saturated carbocycles. The van der Waals surface area contributed by atoms with Gasteiger partial charge in [-0.25, -0.2) is 4.79 Å². The fraction of sp³-hybridized carbons (Fsp3) is 0.647. The van der Waals surface area contributed by atoms with Crippen LogP contribution in [0.4, 0.5) is 14.6 Å². The van der Waals surface area contributed by atoms with Gasteiger partial charge in [-0.3, -0.25) is 14.2 Å². The van der Waals surface area contributed by atoms with Crippen molar-refractivity contribution in [2.24, 2.45) is 5.73 Å². The average molecular weight is 433 g/mol. The van der Waals surface area contributed by atoms with Gasteiger partial charge in [0.15, 0.2) is 6.10 Å². The lowest BCUT2D eigenvalue weighted by atomic mass is 10.1. The molecule has 2 heterocycles. The van der Waals surface area contributed by atoms with Crippen LogP contribution in [0.25, 0.3) is 0 Å². The third-order valence-electron chi connectivity index (χ3n) is 4.55. The van der Waals surface area contributed by atoms with Gasteiger partial charge in [-0.05, 0) is 25.3 Å². The Morgan fingerprint density at radius 3 is 2.70 bits per heavy atom. The van der Waals surface area contributed by atoms with Crippen molar-refractivity contribution >= 4 is 17.6 Å². The molecule has 0 bridgehead atoms. The summed E-state index contributed by atoms with van der Waals surface area (Å²) in [5.41, 5.74) is 4.63. The van der Waals surface area contributed by atoms with Gasteiger partial charge in [-0.2, -0.15) is 13.8 Å². The number of aromatic nitrogens is 2. The lowest BCUT2D eigenvalue weighted by Gasteiger charge is -2.21. The van der Waals surface area contributed by atoms with Crippen molar-refractivity contribution in [1.29, 1.82) is 0 Å². The third-order valence-corrected chi connectivity index (χ3v) is 4.55. The number of aliphatic hydroxyl groups is 2. The number of hydrogen-bond acceptors (Lipinski definition) is 8. The number of nitrogens with two attached hydrogens (primary N) is 1. The molecule has 0 radical (unpaired) electrons. The quantitative estimate of drug-likeness (QED) is 0.299. The predicted molar refractivity (Wildman–Crippen MR) is 99.6 cm³/mol. The molecule has 1 saturated heterocycles. The number of nitrogens with one attached hydrogen (secondary N) is 2. The Kier molecular flexibility index (Phi) is 7.95. The first kappa shape index (κ1) is 23.8. The van der Waals surface area contributed by atoms with Gasteiger partial charge in [-0.1, -0.05) is 0 Å². The molecule has 0 spiro atoms. The summed E-state index contributed by atoms with van der Waals surface area (Å²) in [4.78, 5) is 38.5. The largest absolute Gasteiger partial charge is 0.394 e. The summed E-state index contributed by atoms with van der Waals surface area (Å²) in [6.07, 6.45) is -3.53. The van der Waals surface area contributed by atoms with Crippen molar-refractivity contribution in [2.75, 3.05) is 18.5 Å². The van der Waals surface area contributed by atoms with Crippen molar-refractivity contribution in [3.05, 3.63) is 22.7 Å². The van der Waals surface area contributed by atoms with Gasteiger partial charge < -0.3 is 31.3 Å². The highest BCUT2D eigenvalue weighted by Gasteiger charge is 2.59. The molecule has 30 heavy (non-hydrogen) atoms. The van der Waals surface area contributed by atoms with Crippen LogP contribution in [0.2, 0.25) is 0 Å². The van der Waals surface area contributed by atoms with Crippen LogP contribution in [-0.4, -0.2) is 68.9 Å². The molecule has 1 aromatic heterocycles. The first-order valence-electron chi connectivity index (χ1n) is 9.30. The summed E-state index contributed by atoms with van der Waals surface area (Å²) in [7, 11) is 0. The van der Waals surface area contributed by atoms with Crippen molar-refractivity contribution in [3.63, 3.8) is 0 Å². The van der Waals surface area contributed by atoms with Gasteiger partial charge in [0.25, 0.3) is 0 Å². The first-order chi connectivity index (χ1) is 14.1. The van der Waals surface area contributed by atoms with Gasteiger partial charge in [0.05, 0.1) is 12.6 Å². The maximum atomic E-state index is 14.2. The Hall–Kier alpha value is -2.48. The van der Waals surface area contributed by atoms with Gasteiger partial charge in [0.1, 0.15) is 11.9 Å². The molecule has 1 aliphatic rings. The Labute approximate surface area is 170 Å². The molecule has 1 aromatic rings. The van der Waals surface area contributed by atoms with Gasteiger partial charge in [0, 0.05) is 19.7 Å². The number of unbranched alkanes of at least 4 members (excludes halogenated alkanes) is 1. The molecule has 0 aromatic carbocycles. The predicted octanol–water partition coefficient (Wildman–Crippen LogP) is -1.30. The lowest BCUT2D eigenvalue weighted by molar-refractivity contribution is -0.141. The second kappa shape index (κ2) is 10.0. The highest BCUT2D eigenvalue weighted by atomic mass is 19.3. The summed E-state index contributed by atoms with van der Waals surface area (Å²) in [6.45, 7) is 1.00. The SMILES string of the molecule is CC(=O)NCCCC[C@@H](N)C(=O)Nc1ccn([C@@H]2O[C@H](CO)[C@@H](O)C2(F)F)c(=O)n1. The van der Waals surface area contributed by atoms with E-state index in [0.717, 1.165) is 12.3 Å². The topological polar surface area (TPSA) is 169 Å². The van der Waals surface area contributed by atoms with E-state index in [0.29, 0.717) is 30.4 Å². The van der Waals surface area contributed by atoms with Gasteiger partial charge in [-0.15, -0.1) is 0 Å². The van der Waals surface area contributed by atoms with Crippen molar-refractivity contribution in [3.8, 4) is 0 Å². The van der Waals surface area contributed by atoms with E-state index in [1.54, 1.807) is 0 Å². The summed E-state index contributed by atoms with van der Waals surface area (Å²) in [5, 5.41) is 23.5. The minimum atomic E-state index is -3.83. The van der Waals surface area contributed by atoms with Crippen LogP contribution >= 0.6 is 0 Å². The Morgan fingerprint density at radius 2 is 2.13 bits per heavy atom. The number of amides is 2. The highest BCUT2D eigenvalue weighted by Crippen LogP contribution is 2.41. The minimum Gasteiger partial charge on any atom is -0.394 e. The van der Waals surface area contributed by atoms with Crippen molar-refractivity contribution in [2.45, 2.75) is 56.6 Å². The Bertz CT molecular complexity index is 820. The van der Waals surface area contributed by atoms with E-state index < -0.39 is 48.6 Å². The molecule has 2 amide bonds. The molecular formula is C17H25F2N5O6. The van der Waals surface area contributed by atoms with Crippen LogP contribution in [0.1, 0.15) is 32.4 Å². The van der Waals surface area contributed by atoms with Crippen LogP contribution in [0.3, 0.4) is 0 Å². The van der Waals surface area contributed by atoms with Crippen LogP contribution in [0.15, 0.2) is 17.1 Å². The number of carbonyl (C=O) groups is 2. The van der Waals surface area contributed by atoms with Crippen LogP contribution in [0.5, 0.6) is 0 Å². The van der Waals surface area contributed by atoms with Gasteiger partial charge in [0.2, 0.25) is 18.0 Å².